The van der Waals surface area contributed by atoms with Gasteiger partial charge in [0, 0.05) is 35.6 Å². The Morgan fingerprint density at radius 3 is 2.48 bits per heavy atom. The molecule has 1 aliphatic carbocycles. The molecule has 0 spiro atoms. The van der Waals surface area contributed by atoms with Crippen molar-refractivity contribution in [1.29, 1.82) is 0 Å². The number of ether oxygens (including phenoxy) is 1. The lowest BCUT2D eigenvalue weighted by molar-refractivity contribution is -0.172. The molecule has 0 radical (unpaired) electrons. The average Bonchev–Trinajstić information content (AvgIpc) is 3.12. The maximum Gasteiger partial charge on any atom is 0.313 e. The van der Waals surface area contributed by atoms with Gasteiger partial charge in [-0.25, -0.2) is 0 Å². The van der Waals surface area contributed by atoms with E-state index in [2.05, 4.69) is 10.1 Å². The molecule has 40 heavy (non-hydrogen) atoms. The summed E-state index contributed by atoms with van der Waals surface area (Å²) in [5, 5.41) is 4.75. The number of hydrogen-bond acceptors (Lipinski definition) is 8. The van der Waals surface area contributed by atoms with Crippen molar-refractivity contribution in [3.63, 3.8) is 0 Å². The molecule has 4 aliphatic rings. The number of benzene rings is 1. The quantitative estimate of drug-likeness (QED) is 0.488. The van der Waals surface area contributed by atoms with E-state index in [0.717, 1.165) is 52.8 Å². The van der Waals surface area contributed by atoms with E-state index in [0.29, 0.717) is 30.7 Å². The van der Waals surface area contributed by atoms with E-state index < -0.39 is 33.5 Å². The standard InChI is InChI=1S/C30H32N4O5S/c1-18-23(32-34(27(38)40-18)25(36)30-13-12-29(4,26(37)39-30)28(30,2)3)21-8-9-22-20(17-21)7-5-6-16-33(22)24(35)19-10-14-31-15-11-19/h8-11,14-15,17-18H,5-7,12-13,16H2,1-4H3. The predicted molar refractivity (Wildman–Crippen MR) is 151 cm³/mol. The van der Waals surface area contributed by atoms with E-state index in [1.807, 2.05) is 50.8 Å². The van der Waals surface area contributed by atoms with Gasteiger partial charge in [0.2, 0.25) is 0 Å². The fourth-order valence-electron chi connectivity index (χ4n) is 6.58. The SMILES string of the molecule is CC1SC(=O)N(C(=O)C23CCC(C)(C(=O)O2)C3(C)C)N=C1c1ccc2c(c1)CCCCN2C(=O)c1ccncc1. The highest BCUT2D eigenvalue weighted by atomic mass is 32.2. The Labute approximate surface area is 237 Å². The van der Waals surface area contributed by atoms with Crippen molar-refractivity contribution < 1.29 is 23.9 Å². The second kappa shape index (κ2) is 9.26. The molecular weight excluding hydrogens is 528 g/mol. The minimum Gasteiger partial charge on any atom is -0.448 e. The van der Waals surface area contributed by atoms with Crippen LogP contribution >= 0.6 is 11.8 Å². The van der Waals surface area contributed by atoms with Gasteiger partial charge in [0.15, 0.2) is 5.60 Å². The lowest BCUT2D eigenvalue weighted by atomic mass is 9.66. The molecule has 4 heterocycles. The maximum atomic E-state index is 14.0. The Bertz CT molecular complexity index is 1470. The summed E-state index contributed by atoms with van der Waals surface area (Å²) >= 11 is 1.03. The molecule has 1 aromatic heterocycles. The highest BCUT2D eigenvalue weighted by Gasteiger charge is 2.76. The summed E-state index contributed by atoms with van der Waals surface area (Å²) in [5.74, 6) is -1.06. The summed E-state index contributed by atoms with van der Waals surface area (Å²) in [5.41, 5.74) is 0.841. The number of aryl methyl sites for hydroxylation is 1. The van der Waals surface area contributed by atoms with Crippen LogP contribution in [0.15, 0.2) is 47.8 Å². The van der Waals surface area contributed by atoms with Crippen molar-refractivity contribution in [1.82, 2.24) is 9.99 Å². The van der Waals surface area contributed by atoms with Crippen LogP contribution in [0.3, 0.4) is 0 Å². The fraction of sp³-hybridized carbons (Fsp3) is 0.467. The van der Waals surface area contributed by atoms with Gasteiger partial charge < -0.3 is 9.64 Å². The molecule has 1 saturated carbocycles. The first-order valence-electron chi connectivity index (χ1n) is 13.7. The molecule has 3 unspecified atom stereocenters. The number of hydrogen-bond donors (Lipinski definition) is 0. The monoisotopic (exact) mass is 560 g/mol. The summed E-state index contributed by atoms with van der Waals surface area (Å²) in [6.45, 7) is 8.07. The predicted octanol–water partition coefficient (Wildman–Crippen LogP) is 4.97. The van der Waals surface area contributed by atoms with Gasteiger partial charge >= 0.3 is 11.2 Å². The molecule has 0 N–H and O–H groups in total. The van der Waals surface area contributed by atoms with Gasteiger partial charge in [-0.05, 0) is 81.3 Å². The van der Waals surface area contributed by atoms with Gasteiger partial charge in [-0.15, -0.1) is 0 Å². The number of carbonyl (C=O) groups excluding carboxylic acids is 4. The Hall–Kier alpha value is -3.53. The molecule has 9 nitrogen and oxygen atoms in total. The Balaban J connectivity index is 1.35. The number of carbonyl (C=O) groups is 4. The molecule has 2 bridgehead atoms. The summed E-state index contributed by atoms with van der Waals surface area (Å²) in [6, 6.07) is 9.28. The van der Waals surface area contributed by atoms with Crippen LogP contribution in [-0.4, -0.2) is 56.1 Å². The third-order valence-corrected chi connectivity index (χ3v) is 10.5. The summed E-state index contributed by atoms with van der Waals surface area (Å²) < 4.78 is 5.75. The second-order valence-corrected chi connectivity index (χ2v) is 13.1. The number of imide groups is 1. The average molecular weight is 561 g/mol. The van der Waals surface area contributed by atoms with E-state index in [9.17, 15) is 19.2 Å². The van der Waals surface area contributed by atoms with E-state index >= 15 is 0 Å². The number of thioether (sulfide) groups is 1. The molecule has 208 valence electrons. The minimum absolute atomic E-state index is 0.0730. The summed E-state index contributed by atoms with van der Waals surface area (Å²) in [4.78, 5) is 59.0. The number of anilines is 1. The Morgan fingerprint density at radius 1 is 1.05 bits per heavy atom. The maximum absolute atomic E-state index is 14.0. The number of aromatic nitrogens is 1. The van der Waals surface area contributed by atoms with Crippen LogP contribution < -0.4 is 4.90 Å². The van der Waals surface area contributed by atoms with Crippen LogP contribution in [0.2, 0.25) is 0 Å². The van der Waals surface area contributed by atoms with Gasteiger partial charge in [-0.1, -0.05) is 31.7 Å². The largest absolute Gasteiger partial charge is 0.448 e. The lowest BCUT2D eigenvalue weighted by Crippen LogP contribution is -2.55. The van der Waals surface area contributed by atoms with E-state index in [1.54, 1.807) is 24.5 Å². The number of amides is 3. The zero-order valence-corrected chi connectivity index (χ0v) is 23.9. The molecule has 3 atom stereocenters. The smallest absolute Gasteiger partial charge is 0.313 e. The van der Waals surface area contributed by atoms with Gasteiger partial charge in [0.25, 0.3) is 11.8 Å². The molecule has 3 aliphatic heterocycles. The van der Waals surface area contributed by atoms with E-state index in [-0.39, 0.29) is 11.2 Å². The Morgan fingerprint density at radius 2 is 1.80 bits per heavy atom. The molecule has 2 fully saturated rings. The van der Waals surface area contributed by atoms with Crippen LogP contribution in [0, 0.1) is 10.8 Å². The van der Waals surface area contributed by atoms with Crippen molar-refractivity contribution in [3.05, 3.63) is 59.4 Å². The minimum atomic E-state index is -1.42. The first kappa shape index (κ1) is 26.7. The number of hydrazone groups is 1. The number of pyridine rings is 1. The van der Waals surface area contributed by atoms with Crippen LogP contribution in [0.4, 0.5) is 10.5 Å². The highest BCUT2D eigenvalue weighted by molar-refractivity contribution is 8.14. The third-order valence-electron chi connectivity index (χ3n) is 9.58. The normalized spacial score (nSPS) is 29.0. The summed E-state index contributed by atoms with van der Waals surface area (Å²) in [7, 11) is 0. The van der Waals surface area contributed by atoms with E-state index in [1.165, 1.54) is 0 Å². The molecule has 10 heteroatoms. The van der Waals surface area contributed by atoms with Crippen molar-refractivity contribution in [2.75, 3.05) is 11.4 Å². The number of esters is 1. The number of rotatable bonds is 3. The van der Waals surface area contributed by atoms with Crippen molar-refractivity contribution in [2.45, 2.75) is 70.7 Å². The first-order valence-corrected chi connectivity index (χ1v) is 14.6. The van der Waals surface area contributed by atoms with Crippen LogP contribution in [0.1, 0.15) is 74.9 Å². The topological polar surface area (TPSA) is 109 Å². The van der Waals surface area contributed by atoms with Crippen molar-refractivity contribution in [2.24, 2.45) is 15.9 Å². The van der Waals surface area contributed by atoms with Gasteiger partial charge in [0.05, 0.1) is 16.4 Å². The highest BCUT2D eigenvalue weighted by Crippen LogP contribution is 2.66. The molecule has 6 rings (SSSR count). The van der Waals surface area contributed by atoms with Crippen LogP contribution in [0.5, 0.6) is 0 Å². The molecule has 1 saturated heterocycles. The Kier molecular flexibility index (Phi) is 6.18. The van der Waals surface area contributed by atoms with Gasteiger partial charge in [-0.2, -0.15) is 10.1 Å². The second-order valence-electron chi connectivity index (χ2n) is 11.8. The zero-order chi connectivity index (χ0) is 28.4. The van der Waals surface area contributed by atoms with Gasteiger partial charge in [0.1, 0.15) is 0 Å². The first-order chi connectivity index (χ1) is 19.0. The van der Waals surface area contributed by atoms with E-state index in [4.69, 9.17) is 4.74 Å². The molecular formula is C30H32N4O5S. The molecule has 2 aromatic rings. The summed E-state index contributed by atoms with van der Waals surface area (Å²) in [6.07, 6.45) is 6.71. The zero-order valence-electron chi connectivity index (χ0n) is 23.1. The third kappa shape index (κ3) is 3.68. The molecule has 1 aromatic carbocycles. The van der Waals surface area contributed by atoms with Crippen molar-refractivity contribution >= 4 is 46.2 Å². The van der Waals surface area contributed by atoms with Crippen molar-refractivity contribution in [3.8, 4) is 0 Å². The van der Waals surface area contributed by atoms with Gasteiger partial charge in [-0.3, -0.25) is 24.2 Å². The lowest BCUT2D eigenvalue weighted by Gasteiger charge is -2.38. The van der Waals surface area contributed by atoms with Crippen LogP contribution in [0.25, 0.3) is 0 Å². The fourth-order valence-corrected chi connectivity index (χ4v) is 7.40. The molecule has 3 amide bonds. The number of nitrogens with zero attached hydrogens (tertiary/aromatic N) is 4. The van der Waals surface area contributed by atoms with Crippen LogP contribution in [-0.2, 0) is 20.7 Å². The number of fused-ring (bicyclic) bond motifs is 3.